The lowest BCUT2D eigenvalue weighted by molar-refractivity contribution is 0.0615. The van der Waals surface area contributed by atoms with Crippen molar-refractivity contribution in [2.75, 3.05) is 37.9 Å². The van der Waals surface area contributed by atoms with Crippen LogP contribution in [0, 0.1) is 0 Å². The Labute approximate surface area is 125 Å². The Hall–Kier alpha value is -1.35. The van der Waals surface area contributed by atoms with Crippen LogP contribution in [0.25, 0.3) is 0 Å². The van der Waals surface area contributed by atoms with E-state index in [1.807, 2.05) is 0 Å². The van der Waals surface area contributed by atoms with Crippen molar-refractivity contribution in [3.63, 3.8) is 0 Å². The topological polar surface area (TPSA) is 114 Å². The fourth-order valence-electron chi connectivity index (χ4n) is 1.78. The lowest BCUT2D eigenvalue weighted by Crippen LogP contribution is -2.23. The average molecular weight is 317 g/mol. The molecule has 7 nitrogen and oxygen atoms in total. The van der Waals surface area contributed by atoms with Gasteiger partial charge in [-0.25, -0.2) is 13.1 Å². The van der Waals surface area contributed by atoms with Gasteiger partial charge in [-0.2, -0.15) is 0 Å². The summed E-state index contributed by atoms with van der Waals surface area (Å²) in [6.45, 7) is 2.75. The molecule has 0 aromatic heterocycles. The second-order valence-corrected chi connectivity index (χ2v) is 6.34. The van der Waals surface area contributed by atoms with Crippen LogP contribution in [0.1, 0.15) is 13.3 Å². The first-order valence-corrected chi connectivity index (χ1v) is 8.19. The summed E-state index contributed by atoms with van der Waals surface area (Å²) in [6.07, 6.45) is -0.102. The number of benzene rings is 1. The van der Waals surface area contributed by atoms with Gasteiger partial charge in [0.25, 0.3) is 0 Å². The number of anilines is 2. The summed E-state index contributed by atoms with van der Waals surface area (Å²) in [4.78, 5) is 0.151. The smallest absolute Gasteiger partial charge is 0.240 e. The molecule has 0 heterocycles. The predicted octanol–water partition coefficient (Wildman–Crippen LogP) is 0.376. The highest BCUT2D eigenvalue weighted by Gasteiger charge is 2.14. The number of nitrogen functional groups attached to an aromatic ring is 1. The molecule has 0 aliphatic heterocycles. The van der Waals surface area contributed by atoms with E-state index in [0.717, 1.165) is 0 Å². The fourth-order valence-corrected chi connectivity index (χ4v) is 2.85. The quantitative estimate of drug-likeness (QED) is 0.490. The minimum absolute atomic E-state index is 0.151. The number of hydrogen-bond donors (Lipinski definition) is 4. The van der Waals surface area contributed by atoms with E-state index in [1.165, 1.54) is 25.3 Å². The summed E-state index contributed by atoms with van der Waals surface area (Å²) in [5.74, 6) is 0. The summed E-state index contributed by atoms with van der Waals surface area (Å²) in [6, 6.07) is 4.48. The summed E-state index contributed by atoms with van der Waals surface area (Å²) < 4.78 is 31.1. The van der Waals surface area contributed by atoms with Crippen molar-refractivity contribution in [2.24, 2.45) is 0 Å². The third-order valence-corrected chi connectivity index (χ3v) is 4.36. The number of aliphatic hydroxyl groups excluding tert-OH is 1. The standard InChI is InChI=1S/C13H23N3O4S/c1-3-16-21(18,19)11-4-5-12(14)13(8-11)15-7-6-10(17)9-20-2/h4-5,8,10,15-17H,3,6-7,9,14H2,1-2H3. The first-order chi connectivity index (χ1) is 9.90. The zero-order valence-corrected chi connectivity index (χ0v) is 13.1. The first-order valence-electron chi connectivity index (χ1n) is 6.70. The van der Waals surface area contributed by atoms with Crippen molar-refractivity contribution in [3.8, 4) is 0 Å². The molecule has 21 heavy (non-hydrogen) atoms. The van der Waals surface area contributed by atoms with E-state index in [2.05, 4.69) is 10.0 Å². The van der Waals surface area contributed by atoms with Crippen LogP contribution in [0.4, 0.5) is 11.4 Å². The second-order valence-electron chi connectivity index (χ2n) is 4.58. The first kappa shape index (κ1) is 17.7. The summed E-state index contributed by atoms with van der Waals surface area (Å²) >= 11 is 0. The number of hydrogen-bond acceptors (Lipinski definition) is 6. The minimum atomic E-state index is -3.51. The Kier molecular flexibility index (Phi) is 6.90. The molecule has 8 heteroatoms. The zero-order chi connectivity index (χ0) is 15.9. The Balaban J connectivity index is 2.75. The van der Waals surface area contributed by atoms with Crippen LogP contribution >= 0.6 is 0 Å². The highest BCUT2D eigenvalue weighted by atomic mass is 32.2. The third-order valence-electron chi connectivity index (χ3n) is 2.82. The minimum Gasteiger partial charge on any atom is -0.397 e. The van der Waals surface area contributed by atoms with Gasteiger partial charge in [0.1, 0.15) is 0 Å². The largest absolute Gasteiger partial charge is 0.397 e. The molecule has 0 spiro atoms. The van der Waals surface area contributed by atoms with Gasteiger partial charge in [-0.15, -0.1) is 0 Å². The van der Waals surface area contributed by atoms with E-state index < -0.39 is 16.1 Å². The van der Waals surface area contributed by atoms with Crippen LogP contribution in [0.3, 0.4) is 0 Å². The normalized spacial score (nSPS) is 13.1. The predicted molar refractivity (Wildman–Crippen MR) is 82.7 cm³/mol. The van der Waals surface area contributed by atoms with Crippen molar-refractivity contribution in [3.05, 3.63) is 18.2 Å². The lowest BCUT2D eigenvalue weighted by Gasteiger charge is -2.14. The maximum Gasteiger partial charge on any atom is 0.240 e. The molecule has 0 aliphatic rings. The fraction of sp³-hybridized carbons (Fsp3) is 0.538. The maximum absolute atomic E-state index is 11.9. The molecule has 0 bridgehead atoms. The van der Waals surface area contributed by atoms with Crippen LogP contribution in [0.2, 0.25) is 0 Å². The molecule has 1 atom stereocenters. The van der Waals surface area contributed by atoms with Crippen molar-refractivity contribution >= 4 is 21.4 Å². The van der Waals surface area contributed by atoms with Crippen molar-refractivity contribution in [2.45, 2.75) is 24.3 Å². The molecular formula is C13H23N3O4S. The molecule has 1 aromatic carbocycles. The van der Waals surface area contributed by atoms with Crippen molar-refractivity contribution in [1.29, 1.82) is 0 Å². The molecule has 0 amide bonds. The summed E-state index contributed by atoms with van der Waals surface area (Å²) in [5.41, 5.74) is 6.79. The SMILES string of the molecule is CCNS(=O)(=O)c1ccc(N)c(NCCC(O)COC)c1. The Bertz CT molecular complexity index is 548. The van der Waals surface area contributed by atoms with E-state index in [-0.39, 0.29) is 11.5 Å². The monoisotopic (exact) mass is 317 g/mol. The van der Waals surface area contributed by atoms with Gasteiger partial charge in [-0.05, 0) is 24.6 Å². The van der Waals surface area contributed by atoms with Crippen LogP contribution in [0.15, 0.2) is 23.1 Å². The van der Waals surface area contributed by atoms with Gasteiger partial charge < -0.3 is 20.9 Å². The number of nitrogens with two attached hydrogens (primary N) is 1. The highest BCUT2D eigenvalue weighted by molar-refractivity contribution is 7.89. The molecule has 0 fully saturated rings. The van der Waals surface area contributed by atoms with E-state index in [4.69, 9.17) is 10.5 Å². The average Bonchev–Trinajstić information content (AvgIpc) is 2.41. The molecule has 0 radical (unpaired) electrons. The van der Waals surface area contributed by atoms with Crippen molar-refractivity contribution < 1.29 is 18.3 Å². The Morgan fingerprint density at radius 1 is 1.43 bits per heavy atom. The molecule has 5 N–H and O–H groups in total. The van der Waals surface area contributed by atoms with Crippen LogP contribution < -0.4 is 15.8 Å². The molecule has 1 rings (SSSR count). The van der Waals surface area contributed by atoms with Gasteiger partial charge in [-0.1, -0.05) is 6.92 Å². The molecular weight excluding hydrogens is 294 g/mol. The molecule has 0 saturated heterocycles. The number of ether oxygens (including phenoxy) is 1. The molecule has 0 aliphatic carbocycles. The Morgan fingerprint density at radius 3 is 2.76 bits per heavy atom. The number of rotatable bonds is 9. The zero-order valence-electron chi connectivity index (χ0n) is 12.3. The second kappa shape index (κ2) is 8.18. The van der Waals surface area contributed by atoms with Gasteiger partial charge in [0.2, 0.25) is 10.0 Å². The van der Waals surface area contributed by atoms with Crippen molar-refractivity contribution in [1.82, 2.24) is 4.72 Å². The number of sulfonamides is 1. The molecule has 1 unspecified atom stereocenters. The van der Waals surface area contributed by atoms with E-state index >= 15 is 0 Å². The Morgan fingerprint density at radius 2 is 2.14 bits per heavy atom. The number of aliphatic hydroxyl groups is 1. The van der Waals surface area contributed by atoms with Crippen LogP contribution in [0.5, 0.6) is 0 Å². The van der Waals surface area contributed by atoms with Gasteiger partial charge in [0, 0.05) is 20.2 Å². The van der Waals surface area contributed by atoms with Gasteiger partial charge in [-0.3, -0.25) is 0 Å². The number of nitrogens with one attached hydrogen (secondary N) is 2. The van der Waals surface area contributed by atoms with Gasteiger partial charge >= 0.3 is 0 Å². The summed E-state index contributed by atoms with van der Waals surface area (Å²) in [5, 5.41) is 12.6. The molecule has 120 valence electrons. The van der Waals surface area contributed by atoms with E-state index in [9.17, 15) is 13.5 Å². The number of methoxy groups -OCH3 is 1. The third kappa shape index (κ3) is 5.50. The van der Waals surface area contributed by atoms with Crippen LogP contribution in [-0.2, 0) is 14.8 Å². The lowest BCUT2D eigenvalue weighted by atomic mass is 10.2. The van der Waals surface area contributed by atoms with Crippen LogP contribution in [-0.4, -0.2) is 46.4 Å². The summed E-state index contributed by atoms with van der Waals surface area (Å²) in [7, 11) is -2.00. The van der Waals surface area contributed by atoms with Gasteiger partial charge in [0.15, 0.2) is 0 Å². The highest BCUT2D eigenvalue weighted by Crippen LogP contribution is 2.22. The molecule has 1 aromatic rings. The van der Waals surface area contributed by atoms with E-state index in [0.29, 0.717) is 30.9 Å². The molecule has 0 saturated carbocycles. The maximum atomic E-state index is 11.9. The van der Waals surface area contributed by atoms with Gasteiger partial charge in [0.05, 0.1) is 29.0 Å². The van der Waals surface area contributed by atoms with E-state index in [1.54, 1.807) is 6.92 Å².